The molecule has 19 heavy (non-hydrogen) atoms. The van der Waals surface area contributed by atoms with E-state index >= 15 is 0 Å². The largest absolute Gasteiger partial charge is 0.466 e. The molecular formula is C12H13ClF2O4. The Labute approximate surface area is 113 Å². The van der Waals surface area contributed by atoms with E-state index in [0.29, 0.717) is 0 Å². The van der Waals surface area contributed by atoms with Crippen molar-refractivity contribution in [2.45, 2.75) is 25.6 Å². The molecule has 106 valence electrons. The molecule has 2 atom stereocenters. The number of hydrogen-bond donors (Lipinski definition) is 2. The van der Waals surface area contributed by atoms with Gasteiger partial charge in [0.1, 0.15) is 16.9 Å². The molecule has 1 aromatic carbocycles. The molecule has 2 N–H and O–H groups in total. The Balaban J connectivity index is 2.85. The van der Waals surface area contributed by atoms with Crippen molar-refractivity contribution in [3.63, 3.8) is 0 Å². The molecule has 0 spiro atoms. The van der Waals surface area contributed by atoms with Gasteiger partial charge in [0.15, 0.2) is 5.82 Å². The minimum Gasteiger partial charge on any atom is -0.466 e. The molecule has 0 saturated heterocycles. The van der Waals surface area contributed by atoms with Crippen LogP contribution in [0.15, 0.2) is 12.1 Å². The first kappa shape index (κ1) is 15.8. The summed E-state index contributed by atoms with van der Waals surface area (Å²) in [5.74, 6) is -2.88. The summed E-state index contributed by atoms with van der Waals surface area (Å²) in [7, 11) is 0. The van der Waals surface area contributed by atoms with Gasteiger partial charge >= 0.3 is 5.97 Å². The van der Waals surface area contributed by atoms with Crippen LogP contribution >= 0.6 is 11.6 Å². The number of rotatable bonds is 5. The first-order valence-electron chi connectivity index (χ1n) is 5.53. The number of carbonyl (C=O) groups is 1. The van der Waals surface area contributed by atoms with Crippen molar-refractivity contribution in [1.82, 2.24) is 0 Å². The Bertz CT molecular complexity index is 467. The summed E-state index contributed by atoms with van der Waals surface area (Å²) >= 11 is 5.35. The van der Waals surface area contributed by atoms with Crippen molar-refractivity contribution in [1.29, 1.82) is 0 Å². The average molecular weight is 295 g/mol. The van der Waals surface area contributed by atoms with Crippen molar-refractivity contribution in [3.05, 3.63) is 34.4 Å². The van der Waals surface area contributed by atoms with Gasteiger partial charge in [-0.15, -0.1) is 0 Å². The van der Waals surface area contributed by atoms with Crippen LogP contribution in [0.5, 0.6) is 0 Å². The Morgan fingerprint density at radius 3 is 2.63 bits per heavy atom. The lowest BCUT2D eigenvalue weighted by Gasteiger charge is -2.18. The first-order chi connectivity index (χ1) is 8.88. The van der Waals surface area contributed by atoms with Crippen molar-refractivity contribution < 1.29 is 28.5 Å². The Hall–Kier alpha value is -1.24. The summed E-state index contributed by atoms with van der Waals surface area (Å²) in [5, 5.41) is 18.5. The van der Waals surface area contributed by atoms with E-state index in [1.807, 2.05) is 0 Å². The fourth-order valence-electron chi connectivity index (χ4n) is 1.48. The maximum Gasteiger partial charge on any atom is 0.308 e. The zero-order valence-electron chi connectivity index (χ0n) is 10.1. The number of aliphatic hydroxyl groups is 2. The number of ether oxygens (including phenoxy) is 1. The number of benzene rings is 1. The first-order valence-corrected chi connectivity index (χ1v) is 5.91. The van der Waals surface area contributed by atoms with E-state index in [1.165, 1.54) is 0 Å². The molecule has 0 aromatic heterocycles. The van der Waals surface area contributed by atoms with Crippen LogP contribution in [-0.2, 0) is 9.53 Å². The number of hydrogen-bond acceptors (Lipinski definition) is 4. The van der Waals surface area contributed by atoms with Gasteiger partial charge in [-0.2, -0.15) is 0 Å². The van der Waals surface area contributed by atoms with E-state index in [1.54, 1.807) is 6.92 Å². The summed E-state index contributed by atoms with van der Waals surface area (Å²) < 4.78 is 31.1. The molecule has 0 amide bonds. The molecule has 0 radical (unpaired) electrons. The lowest BCUT2D eigenvalue weighted by Crippen LogP contribution is -2.24. The molecule has 4 nitrogen and oxygen atoms in total. The van der Waals surface area contributed by atoms with Crippen LogP contribution in [0.4, 0.5) is 8.78 Å². The number of halogens is 3. The fourth-order valence-corrected chi connectivity index (χ4v) is 1.65. The van der Waals surface area contributed by atoms with E-state index < -0.39 is 41.3 Å². The second kappa shape index (κ2) is 6.79. The lowest BCUT2D eigenvalue weighted by molar-refractivity contribution is -0.147. The number of esters is 1. The topological polar surface area (TPSA) is 66.8 Å². The number of aliphatic hydroxyl groups excluding tert-OH is 2. The van der Waals surface area contributed by atoms with Crippen molar-refractivity contribution >= 4 is 17.6 Å². The molecule has 0 aliphatic carbocycles. The van der Waals surface area contributed by atoms with Crippen LogP contribution in [0.2, 0.25) is 5.02 Å². The van der Waals surface area contributed by atoms with Gasteiger partial charge in [0.05, 0.1) is 19.1 Å². The molecule has 1 rings (SSSR count). The van der Waals surface area contributed by atoms with Gasteiger partial charge in [-0.25, -0.2) is 8.78 Å². The van der Waals surface area contributed by atoms with Gasteiger partial charge in [0.25, 0.3) is 0 Å². The number of carbonyl (C=O) groups excluding carboxylic acids is 1. The van der Waals surface area contributed by atoms with Gasteiger partial charge in [-0.1, -0.05) is 17.7 Å². The highest BCUT2D eigenvalue weighted by molar-refractivity contribution is 6.30. The Morgan fingerprint density at radius 2 is 2.05 bits per heavy atom. The van der Waals surface area contributed by atoms with Crippen LogP contribution in [-0.4, -0.2) is 28.9 Å². The molecule has 1 aromatic rings. The predicted octanol–water partition coefficient (Wildman–Crippen LogP) is 1.97. The molecular weight excluding hydrogens is 282 g/mol. The van der Waals surface area contributed by atoms with Gasteiger partial charge in [0, 0.05) is 5.56 Å². The minimum atomic E-state index is -1.71. The fraction of sp³-hybridized carbons (Fsp3) is 0.417. The van der Waals surface area contributed by atoms with Gasteiger partial charge in [-0.05, 0) is 13.0 Å². The van der Waals surface area contributed by atoms with Gasteiger partial charge in [0.2, 0.25) is 0 Å². The third kappa shape index (κ3) is 3.86. The summed E-state index contributed by atoms with van der Waals surface area (Å²) in [4.78, 5) is 11.1. The second-order valence-electron chi connectivity index (χ2n) is 3.79. The van der Waals surface area contributed by atoms with Gasteiger partial charge in [-0.3, -0.25) is 4.79 Å². The summed E-state index contributed by atoms with van der Waals surface area (Å²) in [6, 6.07) is 1.82. The summed E-state index contributed by atoms with van der Waals surface area (Å²) in [5.41, 5.74) is -0.386. The highest BCUT2D eigenvalue weighted by Gasteiger charge is 2.26. The molecule has 0 heterocycles. The molecule has 0 fully saturated rings. The van der Waals surface area contributed by atoms with Crippen LogP contribution in [0, 0.1) is 11.6 Å². The molecule has 7 heteroatoms. The zero-order chi connectivity index (χ0) is 14.6. The van der Waals surface area contributed by atoms with E-state index in [0.717, 1.165) is 12.1 Å². The predicted molar refractivity (Wildman–Crippen MR) is 63.6 cm³/mol. The monoisotopic (exact) mass is 294 g/mol. The molecule has 0 aliphatic heterocycles. The van der Waals surface area contributed by atoms with Crippen molar-refractivity contribution in [3.8, 4) is 0 Å². The van der Waals surface area contributed by atoms with Crippen LogP contribution in [0.3, 0.4) is 0 Å². The van der Waals surface area contributed by atoms with Crippen LogP contribution in [0.25, 0.3) is 0 Å². The van der Waals surface area contributed by atoms with Crippen molar-refractivity contribution in [2.24, 2.45) is 0 Å². The maximum absolute atomic E-state index is 13.6. The van der Waals surface area contributed by atoms with Gasteiger partial charge < -0.3 is 14.9 Å². The van der Waals surface area contributed by atoms with Crippen LogP contribution < -0.4 is 0 Å². The third-order valence-corrected chi connectivity index (χ3v) is 2.78. The van der Waals surface area contributed by atoms with Crippen LogP contribution in [0.1, 0.15) is 25.0 Å². The lowest BCUT2D eigenvalue weighted by atomic mass is 10.0. The minimum absolute atomic E-state index is 0.123. The molecule has 0 bridgehead atoms. The molecule has 2 unspecified atom stereocenters. The quantitative estimate of drug-likeness (QED) is 0.643. The Kier molecular flexibility index (Phi) is 5.65. The summed E-state index contributed by atoms with van der Waals surface area (Å²) in [6.07, 6.45) is -3.79. The smallest absolute Gasteiger partial charge is 0.308 e. The zero-order valence-corrected chi connectivity index (χ0v) is 10.8. The van der Waals surface area contributed by atoms with E-state index in [9.17, 15) is 23.8 Å². The molecule has 0 saturated carbocycles. The maximum atomic E-state index is 13.6. The Morgan fingerprint density at radius 1 is 1.42 bits per heavy atom. The van der Waals surface area contributed by atoms with E-state index in [2.05, 4.69) is 4.74 Å². The highest BCUT2D eigenvalue weighted by Crippen LogP contribution is 2.28. The molecule has 0 aliphatic rings. The average Bonchev–Trinajstić information content (AvgIpc) is 2.35. The van der Waals surface area contributed by atoms with E-state index in [4.69, 9.17) is 11.6 Å². The van der Waals surface area contributed by atoms with Crippen molar-refractivity contribution in [2.75, 3.05) is 6.61 Å². The normalized spacial score (nSPS) is 14.0. The summed E-state index contributed by atoms with van der Waals surface area (Å²) in [6.45, 7) is 1.71. The van der Waals surface area contributed by atoms with E-state index in [-0.39, 0.29) is 12.2 Å². The second-order valence-corrected chi connectivity index (χ2v) is 4.16. The SMILES string of the molecule is CCOC(=O)CC(O)C(O)c1ccc(F)c(Cl)c1F. The standard InChI is InChI=1S/C12H13ClF2O4/c1-2-19-9(17)5-8(16)12(18)6-3-4-7(14)10(13)11(6)15/h3-4,8,12,16,18H,2,5H2,1H3. The highest BCUT2D eigenvalue weighted by atomic mass is 35.5. The third-order valence-electron chi connectivity index (χ3n) is 2.43.